The van der Waals surface area contributed by atoms with Crippen molar-refractivity contribution in [2.75, 3.05) is 225 Å². The molecule has 0 radical (unpaired) electrons. The third-order valence-corrected chi connectivity index (χ3v) is 7.65. The van der Waals surface area contributed by atoms with Crippen LogP contribution in [0.2, 0.25) is 0 Å². The van der Waals surface area contributed by atoms with E-state index in [0.717, 1.165) is 0 Å². The van der Waals surface area contributed by atoms with Crippen LogP contribution in [0.3, 0.4) is 0 Å². The molecule has 0 aliphatic rings. The van der Waals surface area contributed by atoms with Crippen molar-refractivity contribution in [2.45, 2.75) is 18.4 Å². The fourth-order valence-corrected chi connectivity index (χ4v) is 4.50. The van der Waals surface area contributed by atoms with E-state index in [-0.39, 0.29) is 124 Å². The van der Waals surface area contributed by atoms with Gasteiger partial charge in [0.15, 0.2) is 5.60 Å². The summed E-state index contributed by atoms with van der Waals surface area (Å²) in [6, 6.07) is 0. The van der Waals surface area contributed by atoms with Crippen molar-refractivity contribution >= 4 is 17.9 Å². The van der Waals surface area contributed by atoms with E-state index in [4.69, 9.17) is 95.9 Å². The molecule has 0 fully saturated rings. The molecule has 0 bridgehead atoms. The van der Waals surface area contributed by atoms with Crippen LogP contribution < -0.4 is 0 Å². The molecule has 0 aromatic rings. The summed E-state index contributed by atoms with van der Waals surface area (Å²) in [6.07, 6.45) is -2.06. The fourth-order valence-electron chi connectivity index (χ4n) is 4.50. The predicted octanol–water partition coefficient (Wildman–Crippen LogP) is -3.06. The van der Waals surface area contributed by atoms with Gasteiger partial charge in [-0.25, -0.2) is 4.79 Å². The largest absolute Gasteiger partial charge is 0.463 e. The molecule has 392 valence electrons. The van der Waals surface area contributed by atoms with Crippen LogP contribution in [-0.2, 0) is 95.0 Å². The number of aliphatic hydroxyl groups excluding tert-OH is 3. The van der Waals surface area contributed by atoms with Gasteiger partial charge in [0.1, 0.15) is 13.2 Å². The first-order valence-corrected chi connectivity index (χ1v) is 21.9. The maximum atomic E-state index is 13.0. The Bertz CT molecular complexity index is 1010. The molecule has 66 heavy (non-hydrogen) atoms. The molecular weight excluding hydrogens is 894 g/mol. The van der Waals surface area contributed by atoms with Gasteiger partial charge in [-0.15, -0.1) is 0 Å². The fraction of sp³-hybridized carbons (Fsp3) is 0.925. The van der Waals surface area contributed by atoms with E-state index >= 15 is 0 Å². The number of hydroxylamine groups is 2. The lowest BCUT2D eigenvalue weighted by Crippen LogP contribution is -2.47. The van der Waals surface area contributed by atoms with Crippen LogP contribution in [0.25, 0.3) is 0 Å². The second-order valence-electron chi connectivity index (χ2n) is 13.0. The maximum Gasteiger partial charge on any atom is 0.360 e. The number of rotatable bonds is 54. The van der Waals surface area contributed by atoms with Crippen LogP contribution in [0.15, 0.2) is 0 Å². The highest BCUT2D eigenvalue weighted by Crippen LogP contribution is 2.20. The van der Waals surface area contributed by atoms with E-state index in [2.05, 4.69) is 0 Å². The van der Waals surface area contributed by atoms with E-state index in [1.807, 2.05) is 0 Å². The van der Waals surface area contributed by atoms with E-state index in [1.165, 1.54) is 0 Å². The summed E-state index contributed by atoms with van der Waals surface area (Å²) >= 11 is 0. The molecule has 0 aromatic carbocycles. The molecule has 26 nitrogen and oxygen atoms in total. The first-order valence-electron chi connectivity index (χ1n) is 21.9. The third kappa shape index (κ3) is 45.4. The van der Waals surface area contributed by atoms with Gasteiger partial charge in [0, 0.05) is 0 Å². The van der Waals surface area contributed by atoms with Crippen LogP contribution in [-0.4, -0.2) is 279 Å². The van der Waals surface area contributed by atoms with Gasteiger partial charge in [-0.05, 0) is 5.23 Å². The Morgan fingerprint density at radius 3 is 0.788 bits per heavy atom. The normalized spacial score (nSPS) is 11.7. The maximum absolute atomic E-state index is 13.0. The standard InChI is InChI=1S/C40H77NO25/c42-2-6-51-10-9-50-5-1-41(49)66-39(47)40(48,35-37(45)64-33-31-62-29-27-60-25-23-58-21-19-56-17-15-54-13-11-52-7-3-43)36-38(46)65-34-32-63-30-28-61-26-24-59-22-20-57-18-16-55-14-12-53-8-4-44/h42-44,48-49H,1-36H2. The topological polar surface area (TPSA) is 313 Å². The molecule has 0 aliphatic carbocycles. The molecule has 0 unspecified atom stereocenters. The molecule has 5 N–H and O–H groups in total. The summed E-state index contributed by atoms with van der Waals surface area (Å²) < 4.78 is 84.4. The minimum absolute atomic E-state index is 0.0253. The Balaban J connectivity index is 4.35. The first kappa shape index (κ1) is 63.6. The van der Waals surface area contributed by atoms with Crippen LogP contribution in [0.4, 0.5) is 0 Å². The number of carbonyl (C=O) groups excluding carboxylic acids is 3. The Hall–Kier alpha value is -2.39. The molecule has 0 heterocycles. The highest BCUT2D eigenvalue weighted by molar-refractivity contribution is 5.89. The lowest BCUT2D eigenvalue weighted by Gasteiger charge is -2.25. The van der Waals surface area contributed by atoms with Gasteiger partial charge >= 0.3 is 17.9 Å². The highest BCUT2D eigenvalue weighted by Gasteiger charge is 2.44. The zero-order valence-corrected chi connectivity index (χ0v) is 38.3. The highest BCUT2D eigenvalue weighted by atomic mass is 16.9. The van der Waals surface area contributed by atoms with Gasteiger partial charge in [-0.2, -0.15) is 0 Å². The molecular formula is C40H77NO25. The molecule has 0 saturated heterocycles. The number of hydrogen-bond donors (Lipinski definition) is 5. The summed E-state index contributed by atoms with van der Waals surface area (Å²) in [4.78, 5) is 43.0. The second-order valence-corrected chi connectivity index (χ2v) is 13.0. The summed E-state index contributed by atoms with van der Waals surface area (Å²) in [5.74, 6) is -3.68. The molecule has 0 aliphatic heterocycles. The van der Waals surface area contributed by atoms with Crippen LogP contribution in [0.1, 0.15) is 12.8 Å². The quantitative estimate of drug-likeness (QED) is 0.0230. The molecule has 26 heteroatoms. The molecule has 0 aromatic heterocycles. The van der Waals surface area contributed by atoms with Gasteiger partial charge in [0.25, 0.3) is 0 Å². The second kappa shape index (κ2) is 50.5. The summed E-state index contributed by atoms with van der Waals surface area (Å²) in [7, 11) is 0. The molecule has 0 rings (SSSR count). The van der Waals surface area contributed by atoms with Crippen molar-refractivity contribution in [3.05, 3.63) is 0 Å². The van der Waals surface area contributed by atoms with E-state index in [0.29, 0.717) is 106 Å². The number of ether oxygens (including phenoxy) is 16. The SMILES string of the molecule is O=C(CC(O)(CC(=O)OCCOCCOCCOCCOCCOCCOCCO)C(=O)ON(O)CCOCCOCCO)OCCOCCOCCOCCOCCOCCOCCO. The molecule has 0 spiro atoms. The minimum atomic E-state index is -2.80. The lowest BCUT2D eigenvalue weighted by molar-refractivity contribution is -0.328. The van der Waals surface area contributed by atoms with Crippen molar-refractivity contribution in [1.82, 2.24) is 5.23 Å². The summed E-state index contributed by atoms with van der Waals surface area (Å²) in [5, 5.41) is 47.3. The van der Waals surface area contributed by atoms with Crippen LogP contribution in [0.5, 0.6) is 0 Å². The van der Waals surface area contributed by atoms with Crippen molar-refractivity contribution in [3.63, 3.8) is 0 Å². The van der Waals surface area contributed by atoms with E-state index in [9.17, 15) is 24.7 Å². The van der Waals surface area contributed by atoms with Crippen molar-refractivity contribution in [3.8, 4) is 0 Å². The number of carbonyl (C=O) groups is 3. The Morgan fingerprint density at radius 1 is 0.333 bits per heavy atom. The third-order valence-electron chi connectivity index (χ3n) is 7.65. The zero-order valence-electron chi connectivity index (χ0n) is 38.3. The van der Waals surface area contributed by atoms with Crippen LogP contribution in [0, 0.1) is 0 Å². The zero-order chi connectivity index (χ0) is 48.3. The molecule has 0 amide bonds. The lowest BCUT2D eigenvalue weighted by atomic mass is 9.96. The van der Waals surface area contributed by atoms with E-state index < -0.39 is 36.4 Å². The Kier molecular flexibility index (Phi) is 48.7. The average molecular weight is 972 g/mol. The summed E-state index contributed by atoms with van der Waals surface area (Å²) in [5.41, 5.74) is -2.80. The number of nitrogens with zero attached hydrogens (tertiary/aromatic N) is 1. The van der Waals surface area contributed by atoms with Crippen molar-refractivity contribution < 1.29 is 121 Å². The van der Waals surface area contributed by atoms with Gasteiger partial charge in [-0.1, -0.05) is 0 Å². The number of aliphatic hydroxyl groups is 4. The monoisotopic (exact) mass is 971 g/mol. The average Bonchev–Trinajstić information content (AvgIpc) is 3.29. The number of hydrogen-bond acceptors (Lipinski definition) is 26. The van der Waals surface area contributed by atoms with Gasteiger partial charge < -0.3 is 101 Å². The smallest absolute Gasteiger partial charge is 0.360 e. The van der Waals surface area contributed by atoms with Gasteiger partial charge in [0.2, 0.25) is 0 Å². The first-order chi connectivity index (χ1) is 32.3. The van der Waals surface area contributed by atoms with E-state index in [1.54, 1.807) is 0 Å². The Labute approximate surface area is 386 Å². The van der Waals surface area contributed by atoms with Crippen molar-refractivity contribution in [2.24, 2.45) is 0 Å². The molecule has 0 saturated carbocycles. The van der Waals surface area contributed by atoms with Gasteiger partial charge in [-0.3, -0.25) is 14.8 Å². The number of esters is 2. The van der Waals surface area contributed by atoms with Crippen LogP contribution >= 0.6 is 0 Å². The predicted molar refractivity (Wildman–Crippen MR) is 223 cm³/mol. The molecule has 0 atom stereocenters. The van der Waals surface area contributed by atoms with Gasteiger partial charge in [0.05, 0.1) is 224 Å². The minimum Gasteiger partial charge on any atom is -0.463 e. The summed E-state index contributed by atoms with van der Waals surface area (Å²) in [6.45, 7) is 6.63. The van der Waals surface area contributed by atoms with Crippen molar-refractivity contribution in [1.29, 1.82) is 0 Å². The Morgan fingerprint density at radius 2 is 0.545 bits per heavy atom.